The Hall–Kier alpha value is -2.09. The standard InChI is InChI=1S/C17H22Cl2N6O/c1-11-9-15(20-7-4-8-25(2)3)23-16(21-11)24-17(26)22-12-5-6-13(18)14(19)10-12/h5-6,9-10H,4,7-8H2,1-3H3,(H3,20,21,22,23,24,26). The number of nitrogens with zero attached hydrogens (tertiary/aromatic N) is 3. The Morgan fingerprint density at radius 2 is 1.88 bits per heavy atom. The van der Waals surface area contributed by atoms with Gasteiger partial charge in [0.05, 0.1) is 10.0 Å². The smallest absolute Gasteiger partial charge is 0.326 e. The summed E-state index contributed by atoms with van der Waals surface area (Å²) in [5.74, 6) is 0.888. The molecule has 2 rings (SSSR count). The minimum Gasteiger partial charge on any atom is -0.370 e. The van der Waals surface area contributed by atoms with Gasteiger partial charge in [-0.05, 0) is 52.2 Å². The van der Waals surface area contributed by atoms with E-state index in [-0.39, 0.29) is 5.95 Å². The monoisotopic (exact) mass is 396 g/mol. The van der Waals surface area contributed by atoms with Gasteiger partial charge in [0, 0.05) is 24.0 Å². The Labute approximate surface area is 163 Å². The van der Waals surface area contributed by atoms with Gasteiger partial charge in [-0.3, -0.25) is 5.32 Å². The van der Waals surface area contributed by atoms with Crippen LogP contribution in [-0.4, -0.2) is 48.1 Å². The highest BCUT2D eigenvalue weighted by Crippen LogP contribution is 2.25. The number of aromatic nitrogens is 2. The average molecular weight is 397 g/mol. The molecule has 0 bridgehead atoms. The molecule has 0 aliphatic carbocycles. The van der Waals surface area contributed by atoms with E-state index in [0.29, 0.717) is 21.6 Å². The Morgan fingerprint density at radius 1 is 1.12 bits per heavy atom. The molecule has 0 aliphatic rings. The number of benzene rings is 1. The lowest BCUT2D eigenvalue weighted by atomic mass is 10.3. The fourth-order valence-electron chi connectivity index (χ4n) is 2.16. The summed E-state index contributed by atoms with van der Waals surface area (Å²) in [4.78, 5) is 22.8. The molecule has 9 heteroatoms. The number of hydrogen-bond donors (Lipinski definition) is 3. The number of rotatable bonds is 7. The molecule has 0 saturated carbocycles. The van der Waals surface area contributed by atoms with Gasteiger partial charge in [0.2, 0.25) is 5.95 Å². The molecule has 1 aromatic carbocycles. The van der Waals surface area contributed by atoms with Crippen LogP contribution in [0.3, 0.4) is 0 Å². The van der Waals surface area contributed by atoms with E-state index in [0.717, 1.165) is 25.2 Å². The Balaban J connectivity index is 1.95. The third-order valence-electron chi connectivity index (χ3n) is 3.35. The number of carbonyl (C=O) groups is 1. The van der Waals surface area contributed by atoms with Gasteiger partial charge in [0.1, 0.15) is 5.82 Å². The summed E-state index contributed by atoms with van der Waals surface area (Å²) in [6.45, 7) is 3.60. The fraction of sp³-hybridized carbons (Fsp3) is 0.353. The first-order valence-electron chi connectivity index (χ1n) is 8.11. The van der Waals surface area contributed by atoms with Crippen LogP contribution in [0.15, 0.2) is 24.3 Å². The lowest BCUT2D eigenvalue weighted by Crippen LogP contribution is -2.21. The van der Waals surface area contributed by atoms with Gasteiger partial charge in [-0.15, -0.1) is 0 Å². The molecule has 0 spiro atoms. The molecule has 0 fully saturated rings. The van der Waals surface area contributed by atoms with Crippen LogP contribution < -0.4 is 16.0 Å². The van der Waals surface area contributed by atoms with Gasteiger partial charge in [-0.2, -0.15) is 4.98 Å². The Bertz CT molecular complexity index is 769. The van der Waals surface area contributed by atoms with Crippen LogP contribution in [0.4, 0.5) is 22.2 Å². The van der Waals surface area contributed by atoms with Gasteiger partial charge < -0.3 is 15.5 Å². The lowest BCUT2D eigenvalue weighted by molar-refractivity contribution is 0.262. The third kappa shape index (κ3) is 6.67. The van der Waals surface area contributed by atoms with Gasteiger partial charge >= 0.3 is 6.03 Å². The van der Waals surface area contributed by atoms with Gasteiger partial charge in [0.25, 0.3) is 0 Å². The third-order valence-corrected chi connectivity index (χ3v) is 4.08. The predicted molar refractivity (Wildman–Crippen MR) is 108 cm³/mol. The number of nitrogens with one attached hydrogen (secondary N) is 3. The molecular weight excluding hydrogens is 375 g/mol. The van der Waals surface area contributed by atoms with E-state index in [1.165, 1.54) is 0 Å². The number of amides is 2. The maximum atomic E-state index is 12.1. The second-order valence-corrected chi connectivity index (χ2v) is 6.82. The molecule has 3 N–H and O–H groups in total. The predicted octanol–water partition coefficient (Wildman–Crippen LogP) is 4.10. The van der Waals surface area contributed by atoms with Crippen molar-refractivity contribution in [2.45, 2.75) is 13.3 Å². The highest BCUT2D eigenvalue weighted by Gasteiger charge is 2.08. The van der Waals surface area contributed by atoms with E-state index in [2.05, 4.69) is 30.8 Å². The van der Waals surface area contributed by atoms with Crippen LogP contribution in [0, 0.1) is 6.92 Å². The summed E-state index contributed by atoms with van der Waals surface area (Å²) in [6.07, 6.45) is 0.983. The zero-order valence-corrected chi connectivity index (χ0v) is 16.4. The number of hydrogen-bond acceptors (Lipinski definition) is 5. The number of carbonyl (C=O) groups excluding carboxylic acids is 1. The van der Waals surface area contributed by atoms with Crippen molar-refractivity contribution in [2.75, 3.05) is 43.1 Å². The summed E-state index contributed by atoms with van der Waals surface area (Å²) >= 11 is 11.8. The molecule has 0 aliphatic heterocycles. The molecule has 0 radical (unpaired) electrons. The molecule has 26 heavy (non-hydrogen) atoms. The number of aryl methyl sites for hydroxylation is 1. The Kier molecular flexibility index (Phi) is 7.44. The SMILES string of the molecule is Cc1cc(NCCCN(C)C)nc(NC(=O)Nc2ccc(Cl)c(Cl)c2)n1. The van der Waals surface area contributed by atoms with Crippen LogP contribution in [0.2, 0.25) is 10.0 Å². The van der Waals surface area contributed by atoms with E-state index in [9.17, 15) is 4.79 Å². The molecule has 2 aromatic rings. The second-order valence-electron chi connectivity index (χ2n) is 6.01. The van der Waals surface area contributed by atoms with Crippen LogP contribution in [0.1, 0.15) is 12.1 Å². The van der Waals surface area contributed by atoms with Crippen molar-refractivity contribution < 1.29 is 4.79 Å². The van der Waals surface area contributed by atoms with Crippen molar-refractivity contribution in [3.63, 3.8) is 0 Å². The zero-order valence-electron chi connectivity index (χ0n) is 14.9. The maximum Gasteiger partial charge on any atom is 0.326 e. The zero-order chi connectivity index (χ0) is 19.1. The van der Waals surface area contributed by atoms with Crippen LogP contribution >= 0.6 is 23.2 Å². The summed E-state index contributed by atoms with van der Waals surface area (Å²) in [7, 11) is 4.06. The molecule has 0 saturated heterocycles. The first-order chi connectivity index (χ1) is 12.3. The molecule has 2 amide bonds. The minimum absolute atomic E-state index is 0.220. The maximum absolute atomic E-state index is 12.1. The minimum atomic E-state index is -0.465. The summed E-state index contributed by atoms with van der Waals surface area (Å²) in [6, 6.07) is 6.20. The summed E-state index contributed by atoms with van der Waals surface area (Å²) in [5.41, 5.74) is 1.27. The van der Waals surface area contributed by atoms with E-state index < -0.39 is 6.03 Å². The summed E-state index contributed by atoms with van der Waals surface area (Å²) < 4.78 is 0. The largest absolute Gasteiger partial charge is 0.370 e. The van der Waals surface area contributed by atoms with Crippen molar-refractivity contribution in [1.29, 1.82) is 0 Å². The van der Waals surface area contributed by atoms with E-state index >= 15 is 0 Å². The number of urea groups is 1. The quantitative estimate of drug-likeness (QED) is 0.613. The molecule has 1 aromatic heterocycles. The fourth-order valence-corrected chi connectivity index (χ4v) is 2.46. The topological polar surface area (TPSA) is 82.2 Å². The van der Waals surface area contributed by atoms with E-state index in [4.69, 9.17) is 23.2 Å². The van der Waals surface area contributed by atoms with E-state index in [1.807, 2.05) is 27.1 Å². The Morgan fingerprint density at radius 3 is 2.58 bits per heavy atom. The first-order valence-corrected chi connectivity index (χ1v) is 8.86. The lowest BCUT2D eigenvalue weighted by Gasteiger charge is -2.12. The van der Waals surface area contributed by atoms with Crippen LogP contribution in [0.25, 0.3) is 0 Å². The molecule has 0 unspecified atom stereocenters. The van der Waals surface area contributed by atoms with Gasteiger partial charge in [-0.25, -0.2) is 9.78 Å². The molecule has 1 heterocycles. The van der Waals surface area contributed by atoms with E-state index in [1.54, 1.807) is 18.2 Å². The highest BCUT2D eigenvalue weighted by atomic mass is 35.5. The highest BCUT2D eigenvalue weighted by molar-refractivity contribution is 6.42. The van der Waals surface area contributed by atoms with Crippen LogP contribution in [-0.2, 0) is 0 Å². The van der Waals surface area contributed by atoms with Crippen molar-refractivity contribution in [3.8, 4) is 0 Å². The summed E-state index contributed by atoms with van der Waals surface area (Å²) in [5, 5.41) is 9.30. The molecule has 7 nitrogen and oxygen atoms in total. The van der Waals surface area contributed by atoms with Gasteiger partial charge in [0.15, 0.2) is 0 Å². The van der Waals surface area contributed by atoms with Crippen LogP contribution in [0.5, 0.6) is 0 Å². The average Bonchev–Trinajstić information content (AvgIpc) is 2.54. The molecular formula is C17H22Cl2N6O. The first kappa shape index (κ1) is 20.2. The van der Waals surface area contributed by atoms with Crippen molar-refractivity contribution in [3.05, 3.63) is 40.0 Å². The van der Waals surface area contributed by atoms with Gasteiger partial charge in [-0.1, -0.05) is 23.2 Å². The number of halogens is 2. The van der Waals surface area contributed by atoms with Crippen molar-refractivity contribution in [1.82, 2.24) is 14.9 Å². The number of anilines is 3. The molecule has 140 valence electrons. The normalized spacial score (nSPS) is 10.7. The van der Waals surface area contributed by atoms with Crippen molar-refractivity contribution in [2.24, 2.45) is 0 Å². The second kappa shape index (κ2) is 9.56. The van der Waals surface area contributed by atoms with Crippen molar-refractivity contribution >= 4 is 46.7 Å². The molecule has 0 atom stereocenters.